The molecule has 0 unspecified atom stereocenters. The van der Waals surface area contributed by atoms with Gasteiger partial charge in [-0.1, -0.05) is 24.8 Å². The van der Waals surface area contributed by atoms with Crippen molar-refractivity contribution in [1.82, 2.24) is 20.2 Å². The van der Waals surface area contributed by atoms with Crippen molar-refractivity contribution in [3.63, 3.8) is 0 Å². The van der Waals surface area contributed by atoms with Gasteiger partial charge in [0.2, 0.25) is 5.16 Å². The molecule has 2 heterocycles. The molecule has 0 radical (unpaired) electrons. The third-order valence-electron chi connectivity index (χ3n) is 3.30. The SMILES string of the molecule is CCc1ccc2[nH]c3nc(S[C@H](C)C(=O)O)nnc3c2c1. The summed E-state index contributed by atoms with van der Waals surface area (Å²) in [5.74, 6) is -0.895. The molecule has 3 rings (SSSR count). The van der Waals surface area contributed by atoms with Crippen LogP contribution in [0, 0.1) is 0 Å². The number of aryl methyl sites for hydroxylation is 1. The number of rotatable bonds is 4. The second kappa shape index (κ2) is 5.33. The Bertz CT molecular complexity index is 830. The largest absolute Gasteiger partial charge is 0.480 e. The predicted molar refractivity (Wildman–Crippen MR) is 81.5 cm³/mol. The Morgan fingerprint density at radius 2 is 2.24 bits per heavy atom. The van der Waals surface area contributed by atoms with E-state index in [0.29, 0.717) is 16.3 Å². The fraction of sp³-hybridized carbons (Fsp3) is 0.286. The van der Waals surface area contributed by atoms with E-state index in [0.717, 1.165) is 29.1 Å². The number of aromatic nitrogens is 4. The Morgan fingerprint density at radius 3 is 2.95 bits per heavy atom. The highest BCUT2D eigenvalue weighted by Gasteiger charge is 2.16. The van der Waals surface area contributed by atoms with Gasteiger partial charge in [0.15, 0.2) is 5.65 Å². The third-order valence-corrected chi connectivity index (χ3v) is 4.24. The van der Waals surface area contributed by atoms with E-state index >= 15 is 0 Å². The fourth-order valence-corrected chi connectivity index (χ4v) is 2.73. The van der Waals surface area contributed by atoms with E-state index in [4.69, 9.17) is 5.11 Å². The maximum absolute atomic E-state index is 10.9. The minimum atomic E-state index is -0.895. The van der Waals surface area contributed by atoms with Crippen LogP contribution in [0.5, 0.6) is 0 Å². The van der Waals surface area contributed by atoms with Gasteiger partial charge in [0.25, 0.3) is 0 Å². The minimum Gasteiger partial charge on any atom is -0.480 e. The standard InChI is InChI=1S/C14H14N4O2S/c1-3-8-4-5-10-9(6-8)11-12(15-10)16-14(18-17-11)21-7(2)13(19)20/h4-7H,3H2,1-2H3,(H,19,20)(H,15,16,18)/t7-/m1/s1. The number of H-pyrrole nitrogens is 1. The molecule has 0 amide bonds. The first kappa shape index (κ1) is 13.8. The molecular formula is C14H14N4O2S. The number of hydrogen-bond donors (Lipinski definition) is 2. The number of aliphatic carboxylic acids is 1. The zero-order valence-corrected chi connectivity index (χ0v) is 12.4. The smallest absolute Gasteiger partial charge is 0.316 e. The number of fused-ring (bicyclic) bond motifs is 3. The molecule has 1 atom stereocenters. The Kier molecular flexibility index (Phi) is 3.50. The lowest BCUT2D eigenvalue weighted by Crippen LogP contribution is -2.12. The molecule has 0 spiro atoms. The zero-order chi connectivity index (χ0) is 15.0. The van der Waals surface area contributed by atoms with Gasteiger partial charge in [-0.3, -0.25) is 4.79 Å². The fourth-order valence-electron chi connectivity index (χ4n) is 2.08. The van der Waals surface area contributed by atoms with Crippen LogP contribution in [0.15, 0.2) is 23.4 Å². The Balaban J connectivity index is 2.06. The van der Waals surface area contributed by atoms with Gasteiger partial charge >= 0.3 is 5.97 Å². The van der Waals surface area contributed by atoms with Gasteiger partial charge in [0.1, 0.15) is 10.8 Å². The van der Waals surface area contributed by atoms with E-state index < -0.39 is 11.2 Å². The molecule has 21 heavy (non-hydrogen) atoms. The summed E-state index contributed by atoms with van der Waals surface area (Å²) < 4.78 is 0. The number of carbonyl (C=O) groups is 1. The molecule has 0 aliphatic rings. The van der Waals surface area contributed by atoms with E-state index in [9.17, 15) is 4.79 Å². The predicted octanol–water partition coefficient (Wildman–Crippen LogP) is 2.63. The van der Waals surface area contributed by atoms with Crippen LogP contribution in [0.1, 0.15) is 19.4 Å². The molecule has 2 aromatic heterocycles. The van der Waals surface area contributed by atoms with Crippen LogP contribution in [0.2, 0.25) is 0 Å². The molecule has 1 aromatic carbocycles. The number of aromatic amines is 1. The van der Waals surface area contributed by atoms with Crippen molar-refractivity contribution in [2.24, 2.45) is 0 Å². The summed E-state index contributed by atoms with van der Waals surface area (Å²) in [5, 5.41) is 17.9. The van der Waals surface area contributed by atoms with E-state index in [1.807, 2.05) is 6.07 Å². The molecule has 0 aliphatic heterocycles. The second-order valence-electron chi connectivity index (χ2n) is 4.75. The topological polar surface area (TPSA) is 91.8 Å². The Hall–Kier alpha value is -2.15. The van der Waals surface area contributed by atoms with Crippen LogP contribution < -0.4 is 0 Å². The van der Waals surface area contributed by atoms with E-state index in [2.05, 4.69) is 39.2 Å². The molecule has 6 nitrogen and oxygen atoms in total. The second-order valence-corrected chi connectivity index (χ2v) is 6.06. The number of carboxylic acid groups (broad SMARTS) is 1. The van der Waals surface area contributed by atoms with E-state index in [-0.39, 0.29) is 0 Å². The lowest BCUT2D eigenvalue weighted by atomic mass is 10.1. The van der Waals surface area contributed by atoms with Gasteiger partial charge < -0.3 is 10.1 Å². The molecule has 2 N–H and O–H groups in total. The summed E-state index contributed by atoms with van der Waals surface area (Å²) in [6, 6.07) is 6.15. The molecule has 0 fully saturated rings. The number of carboxylic acids is 1. The summed E-state index contributed by atoms with van der Waals surface area (Å²) in [7, 11) is 0. The van der Waals surface area contributed by atoms with Gasteiger partial charge in [-0.05, 0) is 31.0 Å². The quantitative estimate of drug-likeness (QED) is 0.720. The first-order valence-electron chi connectivity index (χ1n) is 6.63. The number of thioether (sulfide) groups is 1. The molecule has 0 aliphatic carbocycles. The number of hydrogen-bond acceptors (Lipinski definition) is 5. The van der Waals surface area contributed by atoms with Gasteiger partial charge in [-0.15, -0.1) is 10.2 Å². The average molecular weight is 302 g/mol. The summed E-state index contributed by atoms with van der Waals surface area (Å²) in [6.45, 7) is 3.70. The number of nitrogens with zero attached hydrogens (tertiary/aromatic N) is 3. The van der Waals surface area contributed by atoms with Crippen molar-refractivity contribution < 1.29 is 9.90 Å². The summed E-state index contributed by atoms with van der Waals surface area (Å²) in [5.41, 5.74) is 3.53. The molecule has 3 aromatic rings. The van der Waals surface area contributed by atoms with Gasteiger partial charge in [0.05, 0.1) is 0 Å². The van der Waals surface area contributed by atoms with Crippen molar-refractivity contribution in [2.45, 2.75) is 30.7 Å². The summed E-state index contributed by atoms with van der Waals surface area (Å²) >= 11 is 1.08. The minimum absolute atomic E-state index is 0.361. The Labute approximate surface area is 125 Å². The number of nitrogens with one attached hydrogen (secondary N) is 1. The van der Waals surface area contributed by atoms with Crippen molar-refractivity contribution in [2.75, 3.05) is 0 Å². The highest BCUT2D eigenvalue weighted by atomic mass is 32.2. The summed E-state index contributed by atoms with van der Waals surface area (Å²) in [6.07, 6.45) is 0.952. The third kappa shape index (κ3) is 2.56. The van der Waals surface area contributed by atoms with Crippen LogP contribution in [0.4, 0.5) is 0 Å². The van der Waals surface area contributed by atoms with Crippen molar-refractivity contribution in [3.05, 3.63) is 23.8 Å². The highest BCUT2D eigenvalue weighted by molar-refractivity contribution is 8.00. The van der Waals surface area contributed by atoms with Crippen molar-refractivity contribution >= 4 is 39.8 Å². The van der Waals surface area contributed by atoms with E-state index in [1.54, 1.807) is 6.92 Å². The average Bonchev–Trinajstić information content (AvgIpc) is 2.83. The molecular weight excluding hydrogens is 288 g/mol. The van der Waals surface area contributed by atoms with Crippen LogP contribution in [0.25, 0.3) is 22.1 Å². The van der Waals surface area contributed by atoms with Crippen molar-refractivity contribution in [3.8, 4) is 0 Å². The molecule has 0 saturated carbocycles. The van der Waals surface area contributed by atoms with Gasteiger partial charge in [0, 0.05) is 10.9 Å². The zero-order valence-electron chi connectivity index (χ0n) is 11.6. The Morgan fingerprint density at radius 1 is 1.43 bits per heavy atom. The van der Waals surface area contributed by atoms with Crippen LogP contribution in [-0.2, 0) is 11.2 Å². The maximum atomic E-state index is 10.9. The molecule has 0 saturated heterocycles. The van der Waals surface area contributed by atoms with Crippen LogP contribution in [0.3, 0.4) is 0 Å². The summed E-state index contributed by atoms with van der Waals surface area (Å²) in [4.78, 5) is 18.4. The highest BCUT2D eigenvalue weighted by Crippen LogP contribution is 2.26. The first-order valence-corrected chi connectivity index (χ1v) is 7.51. The van der Waals surface area contributed by atoms with Gasteiger partial charge in [-0.2, -0.15) is 0 Å². The van der Waals surface area contributed by atoms with E-state index in [1.165, 1.54) is 5.56 Å². The van der Waals surface area contributed by atoms with Crippen molar-refractivity contribution in [1.29, 1.82) is 0 Å². The van der Waals surface area contributed by atoms with Crippen LogP contribution in [-0.4, -0.2) is 36.5 Å². The number of benzene rings is 1. The lowest BCUT2D eigenvalue weighted by Gasteiger charge is -2.02. The molecule has 108 valence electrons. The molecule has 7 heteroatoms. The monoisotopic (exact) mass is 302 g/mol. The normalized spacial score (nSPS) is 12.9. The van der Waals surface area contributed by atoms with Crippen LogP contribution >= 0.6 is 11.8 Å². The maximum Gasteiger partial charge on any atom is 0.316 e. The lowest BCUT2D eigenvalue weighted by molar-refractivity contribution is -0.136. The first-order chi connectivity index (χ1) is 10.1. The molecule has 0 bridgehead atoms. The van der Waals surface area contributed by atoms with Gasteiger partial charge in [-0.25, -0.2) is 4.98 Å².